The Morgan fingerprint density at radius 3 is 2.55 bits per heavy atom. The lowest BCUT2D eigenvalue weighted by Crippen LogP contribution is -2.55. The fraction of sp³-hybridized carbons (Fsp3) is 0.462. The van der Waals surface area contributed by atoms with Gasteiger partial charge in [0.25, 0.3) is 5.91 Å². The molecule has 2 aromatic rings. The van der Waals surface area contributed by atoms with Crippen molar-refractivity contribution in [3.63, 3.8) is 0 Å². The van der Waals surface area contributed by atoms with E-state index < -0.39 is 4.87 Å². The third-order valence-electron chi connectivity index (χ3n) is 6.90. The molecule has 174 valence electrons. The molecule has 3 aliphatic rings. The number of urea groups is 1. The van der Waals surface area contributed by atoms with Crippen molar-refractivity contribution in [2.45, 2.75) is 68.2 Å². The van der Waals surface area contributed by atoms with Crippen LogP contribution in [0.4, 0.5) is 10.5 Å². The van der Waals surface area contributed by atoms with Gasteiger partial charge >= 0.3 is 6.03 Å². The van der Waals surface area contributed by atoms with E-state index >= 15 is 0 Å². The number of rotatable bonds is 3. The lowest BCUT2D eigenvalue weighted by atomic mass is 9.95. The van der Waals surface area contributed by atoms with Crippen LogP contribution in [0.5, 0.6) is 0 Å². The van der Waals surface area contributed by atoms with Gasteiger partial charge < -0.3 is 10.2 Å². The highest BCUT2D eigenvalue weighted by Gasteiger charge is 2.63. The van der Waals surface area contributed by atoms with Gasteiger partial charge in [-0.25, -0.2) is 4.79 Å². The summed E-state index contributed by atoms with van der Waals surface area (Å²) < 4.78 is -0.257. The van der Waals surface area contributed by atoms with Crippen LogP contribution in [0.2, 0.25) is 5.02 Å². The molecule has 0 bridgehead atoms. The van der Waals surface area contributed by atoms with Crippen molar-refractivity contribution in [2.75, 3.05) is 11.4 Å². The summed E-state index contributed by atoms with van der Waals surface area (Å²) in [6.07, 6.45) is 5.53. The number of para-hydroxylation sites is 1. The van der Waals surface area contributed by atoms with E-state index in [1.165, 1.54) is 6.42 Å². The molecule has 2 heterocycles. The molecule has 33 heavy (non-hydrogen) atoms. The Morgan fingerprint density at radius 1 is 1.09 bits per heavy atom. The zero-order chi connectivity index (χ0) is 23.2. The van der Waals surface area contributed by atoms with Crippen LogP contribution in [0.3, 0.4) is 0 Å². The summed E-state index contributed by atoms with van der Waals surface area (Å²) >= 11 is 8.03. The second kappa shape index (κ2) is 8.55. The van der Waals surface area contributed by atoms with Gasteiger partial charge in [0, 0.05) is 27.9 Å². The van der Waals surface area contributed by atoms with Gasteiger partial charge in [-0.05, 0) is 44.4 Å². The van der Waals surface area contributed by atoms with Crippen molar-refractivity contribution in [3.05, 3.63) is 64.7 Å². The zero-order valence-corrected chi connectivity index (χ0v) is 20.7. The van der Waals surface area contributed by atoms with Crippen molar-refractivity contribution in [2.24, 2.45) is 0 Å². The quantitative estimate of drug-likeness (QED) is 0.590. The van der Waals surface area contributed by atoms with Crippen molar-refractivity contribution < 1.29 is 9.59 Å². The van der Waals surface area contributed by atoms with Crippen molar-refractivity contribution in [1.29, 1.82) is 0 Å². The first-order valence-electron chi connectivity index (χ1n) is 11.7. The van der Waals surface area contributed by atoms with E-state index in [1.807, 2.05) is 48.5 Å². The molecule has 2 fully saturated rings. The first-order chi connectivity index (χ1) is 15.8. The smallest absolute Gasteiger partial charge is 0.319 e. The van der Waals surface area contributed by atoms with E-state index in [9.17, 15) is 9.59 Å². The van der Waals surface area contributed by atoms with E-state index in [4.69, 9.17) is 11.6 Å². The largest absolute Gasteiger partial charge is 0.335 e. The zero-order valence-electron chi connectivity index (χ0n) is 19.1. The van der Waals surface area contributed by atoms with Gasteiger partial charge in [0.05, 0.1) is 12.2 Å². The van der Waals surface area contributed by atoms with Crippen LogP contribution >= 0.6 is 23.4 Å². The van der Waals surface area contributed by atoms with Crippen LogP contribution in [0.1, 0.15) is 57.1 Å². The van der Waals surface area contributed by atoms with E-state index in [1.54, 1.807) is 21.6 Å². The molecule has 2 aromatic carbocycles. The lowest BCUT2D eigenvalue weighted by molar-refractivity contribution is -0.123. The predicted molar refractivity (Wildman–Crippen MR) is 135 cm³/mol. The maximum absolute atomic E-state index is 14.2. The normalized spacial score (nSPS) is 24.4. The molecule has 5 rings (SSSR count). The summed E-state index contributed by atoms with van der Waals surface area (Å²) in [5.74, 6) is -0.0713. The molecule has 5 nitrogen and oxygen atoms in total. The predicted octanol–water partition coefficient (Wildman–Crippen LogP) is 5.91. The first kappa shape index (κ1) is 22.6. The molecule has 1 unspecified atom stereocenters. The second-order valence-electron chi connectivity index (χ2n) is 9.88. The topological polar surface area (TPSA) is 52.7 Å². The summed E-state index contributed by atoms with van der Waals surface area (Å²) in [4.78, 5) is 30.4. The minimum atomic E-state index is -1.07. The number of anilines is 1. The third-order valence-corrected chi connectivity index (χ3v) is 8.86. The van der Waals surface area contributed by atoms with Gasteiger partial charge in [0.15, 0.2) is 4.87 Å². The third kappa shape index (κ3) is 3.91. The molecule has 1 N–H and O–H groups in total. The monoisotopic (exact) mass is 483 g/mol. The number of benzene rings is 2. The number of hydrogen-bond donors (Lipinski definition) is 1. The number of thioether (sulfide) groups is 1. The van der Waals surface area contributed by atoms with Crippen LogP contribution in [-0.2, 0) is 16.2 Å². The Morgan fingerprint density at radius 2 is 1.79 bits per heavy atom. The fourth-order valence-corrected chi connectivity index (χ4v) is 7.34. The Kier molecular flexibility index (Phi) is 5.86. The number of nitrogens with zero attached hydrogens (tertiary/aromatic N) is 2. The highest BCUT2D eigenvalue weighted by molar-refractivity contribution is 8.02. The van der Waals surface area contributed by atoms with Gasteiger partial charge in [-0.1, -0.05) is 67.3 Å². The average molecular weight is 484 g/mol. The van der Waals surface area contributed by atoms with Gasteiger partial charge in [0.1, 0.15) is 0 Å². The number of fused-ring (bicyclic) bond motifs is 2. The van der Waals surface area contributed by atoms with E-state index in [0.717, 1.165) is 42.5 Å². The number of halogens is 1. The molecule has 0 aromatic heterocycles. The van der Waals surface area contributed by atoms with Crippen LogP contribution < -0.4 is 10.2 Å². The Balaban J connectivity index is 1.53. The number of carbonyl (C=O) groups is 2. The molecule has 1 atom stereocenters. The van der Waals surface area contributed by atoms with Crippen molar-refractivity contribution >= 4 is 41.0 Å². The molecular formula is C26H30ClN3O2S. The Bertz CT molecular complexity index is 1080. The molecule has 1 spiro atoms. The maximum Gasteiger partial charge on any atom is 0.319 e. The average Bonchev–Trinajstić information content (AvgIpc) is 3.22. The molecule has 7 heteroatoms. The van der Waals surface area contributed by atoms with E-state index in [2.05, 4.69) is 19.2 Å². The second-order valence-corrected chi connectivity index (χ2v) is 12.2. The van der Waals surface area contributed by atoms with Crippen molar-refractivity contribution in [3.8, 4) is 0 Å². The van der Waals surface area contributed by atoms with E-state index in [-0.39, 0.29) is 22.7 Å². The van der Waals surface area contributed by atoms with Gasteiger partial charge in [-0.15, -0.1) is 11.8 Å². The number of hydrogen-bond acceptors (Lipinski definition) is 3. The summed E-state index contributed by atoms with van der Waals surface area (Å²) in [7, 11) is 0. The molecule has 1 saturated carbocycles. The highest BCUT2D eigenvalue weighted by Crippen LogP contribution is 2.59. The van der Waals surface area contributed by atoms with Crippen LogP contribution in [0, 0.1) is 0 Å². The van der Waals surface area contributed by atoms with Crippen LogP contribution in [0.25, 0.3) is 0 Å². The van der Waals surface area contributed by atoms with E-state index in [0.29, 0.717) is 18.1 Å². The minimum absolute atomic E-state index is 0.0713. The number of nitrogens with one attached hydrogen (secondary N) is 1. The minimum Gasteiger partial charge on any atom is -0.335 e. The summed E-state index contributed by atoms with van der Waals surface area (Å²) in [6, 6.07) is 15.5. The highest BCUT2D eigenvalue weighted by atomic mass is 35.5. The Labute approximate surface area is 204 Å². The van der Waals surface area contributed by atoms with Crippen LogP contribution in [-0.4, -0.2) is 34.2 Å². The summed E-state index contributed by atoms with van der Waals surface area (Å²) in [6.45, 7) is 5.10. The van der Waals surface area contributed by atoms with Gasteiger partial charge in [-0.2, -0.15) is 0 Å². The molecule has 1 saturated heterocycles. The lowest BCUT2D eigenvalue weighted by Gasteiger charge is -2.35. The Hall–Kier alpha value is -2.18. The van der Waals surface area contributed by atoms with Gasteiger partial charge in [-0.3, -0.25) is 9.69 Å². The summed E-state index contributed by atoms with van der Waals surface area (Å²) in [5.41, 5.74) is 2.62. The molecular weight excluding hydrogens is 454 g/mol. The summed E-state index contributed by atoms with van der Waals surface area (Å²) in [5, 5.41) is 3.89. The first-order valence-corrected chi connectivity index (χ1v) is 12.9. The fourth-order valence-electron chi connectivity index (χ4n) is 5.41. The maximum atomic E-state index is 14.2. The molecule has 1 aliphatic carbocycles. The van der Waals surface area contributed by atoms with Crippen LogP contribution in [0.15, 0.2) is 48.5 Å². The standard InChI is InChI=1S/C26H30ClN3O2S/c1-25(2)17-30(24(32)28-19-11-4-3-5-12-19)26(33-25)20-13-7-9-15-22(20)29(23(26)31)16-18-10-6-8-14-21(18)27/h6-10,13-15,19H,3-5,11-12,16-17H2,1-2H3,(H,28,32). The number of amides is 3. The van der Waals surface area contributed by atoms with Crippen molar-refractivity contribution in [1.82, 2.24) is 10.2 Å². The van der Waals surface area contributed by atoms with Gasteiger partial charge in [0.2, 0.25) is 0 Å². The molecule has 3 amide bonds. The molecule has 0 radical (unpaired) electrons. The molecule has 2 aliphatic heterocycles. The SMILES string of the molecule is CC1(C)CN(C(=O)NC2CCCCC2)C2(S1)C(=O)N(Cc1ccccc1Cl)c1ccccc12. The number of carbonyl (C=O) groups excluding carboxylic acids is 2.